The summed E-state index contributed by atoms with van der Waals surface area (Å²) in [6.45, 7) is 6.54. The Hall–Kier alpha value is -0.870. The van der Waals surface area contributed by atoms with E-state index in [-0.39, 0.29) is 17.9 Å². The minimum absolute atomic E-state index is 0.0451. The van der Waals surface area contributed by atoms with Crippen LogP contribution in [-0.2, 0) is 9.53 Å². The predicted octanol–water partition coefficient (Wildman–Crippen LogP) is 0.856. The molecule has 1 aliphatic carbocycles. The monoisotopic (exact) mass is 227 g/mol. The molecule has 1 saturated carbocycles. The van der Waals surface area contributed by atoms with Crippen LogP contribution in [0.1, 0.15) is 26.2 Å². The van der Waals surface area contributed by atoms with Gasteiger partial charge in [0.05, 0.1) is 13.2 Å². The highest BCUT2D eigenvalue weighted by molar-refractivity contribution is 5.80. The summed E-state index contributed by atoms with van der Waals surface area (Å²) in [6.07, 6.45) is 4.06. The van der Waals surface area contributed by atoms with Gasteiger partial charge in [-0.05, 0) is 26.2 Å². The first kappa shape index (κ1) is 13.2. The molecule has 0 bridgehead atoms. The van der Waals surface area contributed by atoms with Crippen molar-refractivity contribution in [2.45, 2.75) is 32.3 Å². The van der Waals surface area contributed by atoms with E-state index in [2.05, 4.69) is 11.9 Å². The van der Waals surface area contributed by atoms with Crippen LogP contribution in [0.4, 0.5) is 0 Å². The quantitative estimate of drug-likeness (QED) is 0.477. The van der Waals surface area contributed by atoms with E-state index in [0.29, 0.717) is 13.2 Å². The third-order valence-electron chi connectivity index (χ3n) is 2.99. The number of ether oxygens (including phenoxy) is 1. The normalized spacial score (nSPS) is 18.9. The lowest BCUT2D eigenvalue weighted by Gasteiger charge is -2.16. The van der Waals surface area contributed by atoms with Crippen molar-refractivity contribution >= 4 is 5.91 Å². The zero-order valence-corrected chi connectivity index (χ0v) is 9.87. The highest BCUT2D eigenvalue weighted by Gasteiger charge is 2.42. The van der Waals surface area contributed by atoms with Crippen molar-refractivity contribution in [3.8, 4) is 0 Å². The Bertz CT molecular complexity index is 249. The topological polar surface area (TPSA) is 58.6 Å². The molecule has 16 heavy (non-hydrogen) atoms. The molecular weight excluding hydrogens is 206 g/mol. The second-order valence-corrected chi connectivity index (χ2v) is 4.47. The maximum absolute atomic E-state index is 11.6. The van der Waals surface area contributed by atoms with E-state index in [0.717, 1.165) is 19.3 Å². The van der Waals surface area contributed by atoms with Crippen molar-refractivity contribution in [1.82, 2.24) is 5.32 Å². The summed E-state index contributed by atoms with van der Waals surface area (Å²) in [6, 6.07) is 0. The first-order chi connectivity index (χ1) is 7.63. The van der Waals surface area contributed by atoms with Crippen LogP contribution in [0, 0.1) is 5.41 Å². The molecule has 1 rings (SSSR count). The Balaban J connectivity index is 2.16. The van der Waals surface area contributed by atoms with Gasteiger partial charge in [-0.15, -0.1) is 6.58 Å². The van der Waals surface area contributed by atoms with Gasteiger partial charge in [-0.3, -0.25) is 4.79 Å². The number of carbonyl (C=O) groups excluding carboxylic acids is 1. The number of nitrogens with one attached hydrogen (secondary N) is 1. The van der Waals surface area contributed by atoms with E-state index >= 15 is 0 Å². The fourth-order valence-corrected chi connectivity index (χ4v) is 1.39. The summed E-state index contributed by atoms with van der Waals surface area (Å²) >= 11 is 0. The summed E-state index contributed by atoms with van der Waals surface area (Å²) in [5.74, 6) is -0.108. The Morgan fingerprint density at radius 2 is 2.38 bits per heavy atom. The van der Waals surface area contributed by atoms with Gasteiger partial charge in [0.1, 0.15) is 6.10 Å². The lowest BCUT2D eigenvalue weighted by molar-refractivity contribution is -0.132. The maximum Gasteiger partial charge on any atom is 0.248 e. The van der Waals surface area contributed by atoms with Gasteiger partial charge in [0.15, 0.2) is 0 Å². The molecule has 0 aromatic rings. The van der Waals surface area contributed by atoms with Crippen molar-refractivity contribution in [3.63, 3.8) is 0 Å². The van der Waals surface area contributed by atoms with E-state index in [1.54, 1.807) is 13.0 Å². The molecule has 0 saturated heterocycles. The maximum atomic E-state index is 11.6. The molecule has 0 aliphatic heterocycles. The largest absolute Gasteiger partial charge is 0.396 e. The summed E-state index contributed by atoms with van der Waals surface area (Å²) in [4.78, 5) is 11.6. The van der Waals surface area contributed by atoms with Crippen LogP contribution in [0.2, 0.25) is 0 Å². The zero-order valence-electron chi connectivity index (χ0n) is 9.87. The van der Waals surface area contributed by atoms with Crippen LogP contribution in [0.3, 0.4) is 0 Å². The van der Waals surface area contributed by atoms with Crippen molar-refractivity contribution < 1.29 is 14.6 Å². The van der Waals surface area contributed by atoms with Gasteiger partial charge in [0, 0.05) is 12.0 Å². The average molecular weight is 227 g/mol. The minimum atomic E-state index is -0.436. The lowest BCUT2D eigenvalue weighted by Crippen LogP contribution is -2.38. The SMILES string of the molecule is C=CCCOC(C)C(=O)NCC1(CO)CC1. The lowest BCUT2D eigenvalue weighted by atomic mass is 10.1. The second kappa shape index (κ2) is 6.01. The molecular formula is C12H21NO3. The van der Waals surface area contributed by atoms with Crippen molar-refractivity contribution in [2.75, 3.05) is 19.8 Å². The van der Waals surface area contributed by atoms with Crippen molar-refractivity contribution in [2.24, 2.45) is 5.41 Å². The number of aliphatic hydroxyl groups is 1. The highest BCUT2D eigenvalue weighted by Crippen LogP contribution is 2.44. The second-order valence-electron chi connectivity index (χ2n) is 4.47. The van der Waals surface area contributed by atoms with E-state index in [1.165, 1.54) is 0 Å². The van der Waals surface area contributed by atoms with Crippen LogP contribution in [0.5, 0.6) is 0 Å². The smallest absolute Gasteiger partial charge is 0.248 e. The van der Waals surface area contributed by atoms with E-state index in [9.17, 15) is 4.79 Å². The van der Waals surface area contributed by atoms with Gasteiger partial charge in [-0.2, -0.15) is 0 Å². The van der Waals surface area contributed by atoms with Crippen molar-refractivity contribution in [1.29, 1.82) is 0 Å². The summed E-state index contributed by atoms with van der Waals surface area (Å²) < 4.78 is 5.32. The molecule has 0 spiro atoms. The van der Waals surface area contributed by atoms with Gasteiger partial charge in [-0.25, -0.2) is 0 Å². The zero-order chi connectivity index (χ0) is 12.0. The summed E-state index contributed by atoms with van der Waals surface area (Å²) in [5, 5.41) is 11.9. The van der Waals surface area contributed by atoms with E-state index < -0.39 is 6.10 Å². The molecule has 1 unspecified atom stereocenters. The Labute approximate surface area is 96.7 Å². The van der Waals surface area contributed by atoms with Gasteiger partial charge < -0.3 is 15.2 Å². The average Bonchev–Trinajstić information content (AvgIpc) is 3.07. The van der Waals surface area contributed by atoms with Crippen molar-refractivity contribution in [3.05, 3.63) is 12.7 Å². The molecule has 1 aliphatic rings. The molecule has 1 amide bonds. The Kier molecular flexibility index (Phi) is 4.96. The number of rotatable bonds is 8. The molecule has 0 radical (unpaired) electrons. The van der Waals surface area contributed by atoms with Crippen LogP contribution >= 0.6 is 0 Å². The van der Waals surface area contributed by atoms with Crippen LogP contribution < -0.4 is 5.32 Å². The minimum Gasteiger partial charge on any atom is -0.396 e. The third-order valence-corrected chi connectivity index (χ3v) is 2.99. The van der Waals surface area contributed by atoms with Gasteiger partial charge >= 0.3 is 0 Å². The van der Waals surface area contributed by atoms with Gasteiger partial charge in [0.2, 0.25) is 5.91 Å². The molecule has 1 atom stereocenters. The van der Waals surface area contributed by atoms with Crippen LogP contribution in [-0.4, -0.2) is 36.9 Å². The molecule has 92 valence electrons. The fraction of sp³-hybridized carbons (Fsp3) is 0.750. The van der Waals surface area contributed by atoms with Gasteiger partial charge in [-0.1, -0.05) is 6.08 Å². The van der Waals surface area contributed by atoms with E-state index in [1.807, 2.05) is 0 Å². The van der Waals surface area contributed by atoms with E-state index in [4.69, 9.17) is 9.84 Å². The molecule has 0 heterocycles. The Morgan fingerprint density at radius 1 is 1.69 bits per heavy atom. The number of aliphatic hydroxyl groups excluding tert-OH is 1. The first-order valence-electron chi connectivity index (χ1n) is 5.75. The van der Waals surface area contributed by atoms with Crippen LogP contribution in [0.15, 0.2) is 12.7 Å². The predicted molar refractivity (Wildman–Crippen MR) is 62.0 cm³/mol. The molecule has 0 aromatic carbocycles. The number of hydrogen-bond donors (Lipinski definition) is 2. The standard InChI is InChI=1S/C12H21NO3/c1-3-4-7-16-10(2)11(15)13-8-12(9-14)5-6-12/h3,10,14H,1,4-9H2,2H3,(H,13,15). The molecule has 1 fully saturated rings. The number of carbonyl (C=O) groups is 1. The van der Waals surface area contributed by atoms with Gasteiger partial charge in [0.25, 0.3) is 0 Å². The summed E-state index contributed by atoms with van der Waals surface area (Å²) in [5.41, 5.74) is -0.0451. The Morgan fingerprint density at radius 3 is 2.88 bits per heavy atom. The number of hydrogen-bond acceptors (Lipinski definition) is 3. The molecule has 4 heteroatoms. The fourth-order valence-electron chi connectivity index (χ4n) is 1.39. The molecule has 4 nitrogen and oxygen atoms in total. The molecule has 2 N–H and O–H groups in total. The number of amides is 1. The summed E-state index contributed by atoms with van der Waals surface area (Å²) in [7, 11) is 0. The molecule has 0 aromatic heterocycles. The first-order valence-corrected chi connectivity index (χ1v) is 5.75. The van der Waals surface area contributed by atoms with Crippen LogP contribution in [0.25, 0.3) is 0 Å². The highest BCUT2D eigenvalue weighted by atomic mass is 16.5. The third kappa shape index (κ3) is 3.94.